The van der Waals surface area contributed by atoms with E-state index in [1.165, 1.54) is 51.5 Å². The second-order valence-electron chi connectivity index (χ2n) is 6.39. The van der Waals surface area contributed by atoms with E-state index in [1.54, 1.807) is 0 Å². The maximum atomic E-state index is 3.73. The van der Waals surface area contributed by atoms with E-state index in [9.17, 15) is 0 Å². The van der Waals surface area contributed by atoms with Crippen molar-refractivity contribution in [2.45, 2.75) is 77.8 Å². The van der Waals surface area contributed by atoms with Crippen LogP contribution in [-0.4, -0.2) is 37.1 Å². The average molecular weight is 254 g/mol. The second kappa shape index (κ2) is 8.92. The molecule has 1 N–H and O–H groups in total. The van der Waals surface area contributed by atoms with Gasteiger partial charge in [-0.15, -0.1) is 0 Å². The topological polar surface area (TPSA) is 15.3 Å². The molecule has 0 amide bonds. The molecule has 0 aromatic carbocycles. The minimum atomic E-state index is 0.715. The predicted octanol–water partition coefficient (Wildman–Crippen LogP) is 3.67. The SMILES string of the molecule is CCNC1CCCCCCC1N(C)CCC(C)C. The molecular formula is C16H34N2. The highest BCUT2D eigenvalue weighted by molar-refractivity contribution is 4.84. The number of rotatable bonds is 6. The molecule has 0 aliphatic heterocycles. The molecule has 0 bridgehead atoms. The summed E-state index contributed by atoms with van der Waals surface area (Å²) in [5, 5.41) is 3.73. The van der Waals surface area contributed by atoms with Gasteiger partial charge in [0.2, 0.25) is 0 Å². The first-order chi connectivity index (χ1) is 8.65. The minimum Gasteiger partial charge on any atom is -0.313 e. The Kier molecular flexibility index (Phi) is 7.92. The lowest BCUT2D eigenvalue weighted by molar-refractivity contribution is 0.157. The number of likely N-dealkylation sites (N-methyl/N-ethyl adjacent to an activating group) is 2. The van der Waals surface area contributed by atoms with Crippen LogP contribution in [0.4, 0.5) is 0 Å². The van der Waals surface area contributed by atoms with Crippen molar-refractivity contribution in [3.63, 3.8) is 0 Å². The summed E-state index contributed by atoms with van der Waals surface area (Å²) in [7, 11) is 2.33. The van der Waals surface area contributed by atoms with Gasteiger partial charge in [-0.1, -0.05) is 46.5 Å². The van der Waals surface area contributed by atoms with Crippen LogP contribution in [0, 0.1) is 5.92 Å². The van der Waals surface area contributed by atoms with Crippen LogP contribution in [-0.2, 0) is 0 Å². The van der Waals surface area contributed by atoms with Crippen LogP contribution in [0.15, 0.2) is 0 Å². The fourth-order valence-electron chi connectivity index (χ4n) is 3.12. The molecule has 0 aromatic heterocycles. The van der Waals surface area contributed by atoms with Crippen molar-refractivity contribution in [3.05, 3.63) is 0 Å². The Bertz CT molecular complexity index is 203. The van der Waals surface area contributed by atoms with Crippen LogP contribution in [0.2, 0.25) is 0 Å². The van der Waals surface area contributed by atoms with E-state index in [1.807, 2.05) is 0 Å². The molecule has 2 nitrogen and oxygen atoms in total. The summed E-state index contributed by atoms with van der Waals surface area (Å²) in [4.78, 5) is 2.62. The Morgan fingerprint density at radius 1 is 1.11 bits per heavy atom. The molecule has 1 fully saturated rings. The summed E-state index contributed by atoms with van der Waals surface area (Å²) < 4.78 is 0. The number of nitrogens with zero attached hydrogens (tertiary/aromatic N) is 1. The van der Waals surface area contributed by atoms with Crippen LogP contribution < -0.4 is 5.32 Å². The van der Waals surface area contributed by atoms with Gasteiger partial charge in [-0.05, 0) is 45.3 Å². The maximum Gasteiger partial charge on any atom is 0.0246 e. The highest BCUT2D eigenvalue weighted by atomic mass is 15.2. The second-order valence-corrected chi connectivity index (χ2v) is 6.39. The van der Waals surface area contributed by atoms with E-state index in [-0.39, 0.29) is 0 Å². The molecule has 0 heterocycles. The molecule has 1 saturated carbocycles. The summed E-state index contributed by atoms with van der Waals surface area (Å²) >= 11 is 0. The fraction of sp³-hybridized carbons (Fsp3) is 1.00. The van der Waals surface area contributed by atoms with Crippen LogP contribution in [0.25, 0.3) is 0 Å². The van der Waals surface area contributed by atoms with E-state index in [0.29, 0.717) is 6.04 Å². The normalized spacial score (nSPS) is 26.3. The van der Waals surface area contributed by atoms with Crippen LogP contribution >= 0.6 is 0 Å². The van der Waals surface area contributed by atoms with E-state index < -0.39 is 0 Å². The van der Waals surface area contributed by atoms with Gasteiger partial charge in [0.15, 0.2) is 0 Å². The van der Waals surface area contributed by atoms with Gasteiger partial charge >= 0.3 is 0 Å². The van der Waals surface area contributed by atoms with Crippen molar-refractivity contribution < 1.29 is 0 Å². The number of nitrogens with one attached hydrogen (secondary N) is 1. The third-order valence-corrected chi connectivity index (χ3v) is 4.32. The van der Waals surface area contributed by atoms with Crippen LogP contribution in [0.5, 0.6) is 0 Å². The van der Waals surface area contributed by atoms with Crippen molar-refractivity contribution in [3.8, 4) is 0 Å². The molecule has 0 spiro atoms. The first-order valence-corrected chi connectivity index (χ1v) is 8.08. The largest absolute Gasteiger partial charge is 0.313 e. The molecule has 1 rings (SSSR count). The molecule has 2 atom stereocenters. The Hall–Kier alpha value is -0.0800. The van der Waals surface area contributed by atoms with Crippen molar-refractivity contribution in [1.29, 1.82) is 0 Å². The molecule has 1 aliphatic rings. The summed E-state index contributed by atoms with van der Waals surface area (Å²) in [5.41, 5.74) is 0. The van der Waals surface area contributed by atoms with E-state index >= 15 is 0 Å². The van der Waals surface area contributed by atoms with Gasteiger partial charge in [0.1, 0.15) is 0 Å². The smallest absolute Gasteiger partial charge is 0.0246 e. The third kappa shape index (κ3) is 5.71. The summed E-state index contributed by atoms with van der Waals surface area (Å²) in [5.74, 6) is 0.818. The van der Waals surface area contributed by atoms with Crippen molar-refractivity contribution in [2.75, 3.05) is 20.1 Å². The highest BCUT2D eigenvalue weighted by Gasteiger charge is 2.25. The van der Waals surface area contributed by atoms with Crippen LogP contribution in [0.3, 0.4) is 0 Å². The molecular weight excluding hydrogens is 220 g/mol. The highest BCUT2D eigenvalue weighted by Crippen LogP contribution is 2.22. The summed E-state index contributed by atoms with van der Waals surface area (Å²) in [6.45, 7) is 9.26. The Labute approximate surface area is 115 Å². The van der Waals surface area contributed by atoms with Gasteiger partial charge in [-0.25, -0.2) is 0 Å². The summed E-state index contributed by atoms with van der Waals surface area (Å²) in [6, 6.07) is 1.47. The number of hydrogen-bond donors (Lipinski definition) is 1. The zero-order valence-electron chi connectivity index (χ0n) is 13.0. The quantitative estimate of drug-likeness (QED) is 0.778. The average Bonchev–Trinajstić information content (AvgIpc) is 2.30. The summed E-state index contributed by atoms with van der Waals surface area (Å²) in [6.07, 6.45) is 9.77. The lowest BCUT2D eigenvalue weighted by atomic mass is 9.91. The van der Waals surface area contributed by atoms with Crippen molar-refractivity contribution >= 4 is 0 Å². The zero-order chi connectivity index (χ0) is 13.4. The molecule has 2 unspecified atom stereocenters. The Balaban J connectivity index is 2.52. The van der Waals surface area contributed by atoms with Gasteiger partial charge in [0.05, 0.1) is 0 Å². The first-order valence-electron chi connectivity index (χ1n) is 8.08. The predicted molar refractivity (Wildman–Crippen MR) is 81.0 cm³/mol. The number of hydrogen-bond acceptors (Lipinski definition) is 2. The first kappa shape index (κ1) is 16.0. The van der Waals surface area contributed by atoms with E-state index in [4.69, 9.17) is 0 Å². The molecule has 108 valence electrons. The zero-order valence-corrected chi connectivity index (χ0v) is 13.0. The van der Waals surface area contributed by atoms with Gasteiger partial charge in [-0.3, -0.25) is 0 Å². The van der Waals surface area contributed by atoms with E-state index in [2.05, 4.69) is 38.0 Å². The molecule has 0 saturated heterocycles. The Morgan fingerprint density at radius 3 is 2.39 bits per heavy atom. The molecule has 18 heavy (non-hydrogen) atoms. The fourth-order valence-corrected chi connectivity index (χ4v) is 3.12. The van der Waals surface area contributed by atoms with Gasteiger partial charge in [0, 0.05) is 12.1 Å². The molecule has 2 heteroatoms. The Morgan fingerprint density at radius 2 is 1.78 bits per heavy atom. The monoisotopic (exact) mass is 254 g/mol. The van der Waals surface area contributed by atoms with Gasteiger partial charge < -0.3 is 10.2 Å². The van der Waals surface area contributed by atoms with Gasteiger partial charge in [0.25, 0.3) is 0 Å². The maximum absolute atomic E-state index is 3.73. The lowest BCUT2D eigenvalue weighted by Gasteiger charge is -2.37. The molecule has 1 aliphatic carbocycles. The molecule has 0 aromatic rings. The van der Waals surface area contributed by atoms with Gasteiger partial charge in [-0.2, -0.15) is 0 Å². The van der Waals surface area contributed by atoms with Crippen molar-refractivity contribution in [1.82, 2.24) is 10.2 Å². The lowest BCUT2D eigenvalue weighted by Crippen LogP contribution is -2.49. The molecule has 0 radical (unpaired) electrons. The standard InChI is InChI=1S/C16H34N2/c1-5-17-15-10-8-6-7-9-11-16(15)18(4)13-12-14(2)3/h14-17H,5-13H2,1-4H3. The van der Waals surface area contributed by atoms with E-state index in [0.717, 1.165) is 18.5 Å². The third-order valence-electron chi connectivity index (χ3n) is 4.32. The minimum absolute atomic E-state index is 0.715. The van der Waals surface area contributed by atoms with Crippen molar-refractivity contribution in [2.24, 2.45) is 5.92 Å². The van der Waals surface area contributed by atoms with Crippen LogP contribution in [0.1, 0.15) is 65.7 Å².